The zero-order valence-corrected chi connectivity index (χ0v) is 21.1. The highest BCUT2D eigenvalue weighted by Crippen LogP contribution is 2.38. The fraction of sp³-hybridized carbons (Fsp3) is 0.333. The van der Waals surface area contributed by atoms with Crippen molar-refractivity contribution in [2.75, 3.05) is 22.5 Å². The molecule has 0 amide bonds. The number of anilines is 2. The van der Waals surface area contributed by atoms with Gasteiger partial charge in [-0.05, 0) is 42.7 Å². The van der Waals surface area contributed by atoms with Crippen LogP contribution in [-0.2, 0) is 25.9 Å². The van der Waals surface area contributed by atoms with Gasteiger partial charge in [-0.2, -0.15) is 4.98 Å². The number of thioether (sulfide) groups is 1. The predicted octanol–water partition coefficient (Wildman–Crippen LogP) is 5.58. The summed E-state index contributed by atoms with van der Waals surface area (Å²) < 4.78 is 15.9. The number of nitrogens with zero attached hydrogens (tertiary/aromatic N) is 6. The predicted molar refractivity (Wildman–Crippen MR) is 137 cm³/mol. The van der Waals surface area contributed by atoms with Gasteiger partial charge in [-0.25, -0.2) is 9.37 Å². The van der Waals surface area contributed by atoms with Gasteiger partial charge in [-0.15, -0.1) is 22.0 Å². The van der Waals surface area contributed by atoms with Gasteiger partial charge in [0.15, 0.2) is 5.82 Å². The smallest absolute Gasteiger partial charge is 0.228 e. The second kappa shape index (κ2) is 9.44. The summed E-state index contributed by atoms with van der Waals surface area (Å²) in [6.45, 7) is 2.04. The Hall–Kier alpha value is -2.62. The highest BCUT2D eigenvalue weighted by Gasteiger charge is 2.27. The lowest BCUT2D eigenvalue weighted by molar-refractivity contribution is 0.538. The van der Waals surface area contributed by atoms with Gasteiger partial charge in [-0.3, -0.25) is 0 Å². The maximum absolute atomic E-state index is 13.8. The van der Waals surface area contributed by atoms with Crippen molar-refractivity contribution in [1.29, 1.82) is 0 Å². The molecule has 35 heavy (non-hydrogen) atoms. The van der Waals surface area contributed by atoms with Crippen LogP contribution in [0.4, 0.5) is 16.2 Å². The van der Waals surface area contributed by atoms with Gasteiger partial charge in [0.2, 0.25) is 5.95 Å². The summed E-state index contributed by atoms with van der Waals surface area (Å²) >= 11 is 14.0. The summed E-state index contributed by atoms with van der Waals surface area (Å²) in [7, 11) is 0. The van der Waals surface area contributed by atoms with Crippen LogP contribution in [0.1, 0.15) is 35.7 Å². The number of hydrogen-bond acceptors (Lipinski definition) is 7. The first-order valence-corrected chi connectivity index (χ1v) is 13.2. The van der Waals surface area contributed by atoms with Crippen LogP contribution in [0.5, 0.6) is 0 Å². The summed E-state index contributed by atoms with van der Waals surface area (Å²) in [5.74, 6) is 3.97. The van der Waals surface area contributed by atoms with Crippen molar-refractivity contribution >= 4 is 46.7 Å². The standard InChI is InChI=1S/C24H22Cl2FN7S/c25-17-5-4-14(10-18(17)26)11-20-31-32-21-13-33(7-8-34(20)21)24-29-19-6-9-35-22(19)23(30-24)28-16-3-1-2-15(27)12-16/h2,4-5,10,12H,1,3,6-9,11,13H2,(H,28,29,30). The van der Waals surface area contributed by atoms with E-state index in [0.717, 1.165) is 71.0 Å². The molecule has 3 aromatic rings. The maximum atomic E-state index is 13.8. The van der Waals surface area contributed by atoms with Gasteiger partial charge in [0, 0.05) is 37.4 Å². The number of allylic oxidation sites excluding steroid dienone is 4. The lowest BCUT2D eigenvalue weighted by Gasteiger charge is -2.28. The van der Waals surface area contributed by atoms with E-state index in [1.54, 1.807) is 30.0 Å². The van der Waals surface area contributed by atoms with Gasteiger partial charge >= 0.3 is 0 Å². The van der Waals surface area contributed by atoms with Crippen LogP contribution >= 0.6 is 35.0 Å². The van der Waals surface area contributed by atoms with Crippen LogP contribution in [-0.4, -0.2) is 37.0 Å². The van der Waals surface area contributed by atoms with Crippen LogP contribution in [0.2, 0.25) is 10.0 Å². The number of hydrogen-bond donors (Lipinski definition) is 1. The van der Waals surface area contributed by atoms with Crippen LogP contribution in [0.25, 0.3) is 0 Å². The zero-order chi connectivity index (χ0) is 23.9. The summed E-state index contributed by atoms with van der Waals surface area (Å²) in [6.07, 6.45) is 6.14. The molecule has 0 fully saturated rings. The average molecular weight is 530 g/mol. The van der Waals surface area contributed by atoms with Crippen molar-refractivity contribution in [1.82, 2.24) is 24.7 Å². The average Bonchev–Trinajstić information content (AvgIpc) is 3.48. The first kappa shape index (κ1) is 22.8. The third kappa shape index (κ3) is 4.64. The molecule has 2 aromatic heterocycles. The Morgan fingerprint density at radius 3 is 2.86 bits per heavy atom. The SMILES string of the molecule is FC1=CCCC(Nc2nc(N3CCn4c(Cc5ccc(Cl)c(Cl)c5)nnc4C3)nc3c2SCC3)=C1. The third-order valence-corrected chi connectivity index (χ3v) is 8.18. The quantitative estimate of drug-likeness (QED) is 0.462. The number of nitrogens with one attached hydrogen (secondary N) is 1. The lowest BCUT2D eigenvalue weighted by Crippen LogP contribution is -2.35. The first-order valence-electron chi connectivity index (χ1n) is 11.5. The van der Waals surface area contributed by atoms with E-state index in [-0.39, 0.29) is 5.83 Å². The zero-order valence-electron chi connectivity index (χ0n) is 18.8. The molecule has 0 atom stereocenters. The highest BCUT2D eigenvalue weighted by molar-refractivity contribution is 7.99. The van der Waals surface area contributed by atoms with E-state index in [9.17, 15) is 4.39 Å². The Balaban J connectivity index is 1.24. The molecule has 0 unspecified atom stereocenters. The molecule has 0 spiro atoms. The molecule has 0 saturated carbocycles. The molecule has 7 nitrogen and oxygen atoms in total. The van der Waals surface area contributed by atoms with Crippen molar-refractivity contribution in [3.63, 3.8) is 0 Å². The first-order chi connectivity index (χ1) is 17.0. The molecule has 3 aliphatic rings. The van der Waals surface area contributed by atoms with Crippen molar-refractivity contribution in [3.05, 3.63) is 74.8 Å². The molecular weight excluding hydrogens is 508 g/mol. The van der Waals surface area contributed by atoms with Crippen LogP contribution in [0.15, 0.2) is 46.8 Å². The molecule has 6 rings (SSSR count). The molecule has 180 valence electrons. The Morgan fingerprint density at radius 2 is 2.00 bits per heavy atom. The minimum Gasteiger partial charge on any atom is -0.343 e. The molecule has 2 aliphatic heterocycles. The van der Waals surface area contributed by atoms with Gasteiger partial charge in [-0.1, -0.05) is 29.3 Å². The van der Waals surface area contributed by atoms with Crippen molar-refractivity contribution in [2.24, 2.45) is 0 Å². The van der Waals surface area contributed by atoms with Crippen molar-refractivity contribution in [3.8, 4) is 0 Å². The van der Waals surface area contributed by atoms with E-state index >= 15 is 0 Å². The summed E-state index contributed by atoms with van der Waals surface area (Å²) in [5.41, 5.74) is 2.92. The molecule has 0 radical (unpaired) electrons. The summed E-state index contributed by atoms with van der Waals surface area (Å²) in [6, 6.07) is 5.63. The molecule has 1 aliphatic carbocycles. The Morgan fingerprint density at radius 1 is 1.09 bits per heavy atom. The topological polar surface area (TPSA) is 71.8 Å². The van der Waals surface area contributed by atoms with Crippen molar-refractivity contribution < 1.29 is 4.39 Å². The molecule has 0 saturated heterocycles. The molecule has 1 aromatic carbocycles. The number of rotatable bonds is 5. The number of aromatic nitrogens is 5. The highest BCUT2D eigenvalue weighted by atomic mass is 35.5. The summed E-state index contributed by atoms with van der Waals surface area (Å²) in [4.78, 5) is 12.9. The van der Waals surface area contributed by atoms with E-state index in [0.29, 0.717) is 35.4 Å². The maximum Gasteiger partial charge on any atom is 0.228 e. The number of halogens is 3. The van der Waals surface area contributed by atoms with Crippen LogP contribution < -0.4 is 10.2 Å². The minimum atomic E-state index is -0.204. The van der Waals surface area contributed by atoms with Crippen LogP contribution in [0, 0.1) is 0 Å². The monoisotopic (exact) mass is 529 g/mol. The van der Waals surface area contributed by atoms with Gasteiger partial charge in [0.05, 0.1) is 27.2 Å². The van der Waals surface area contributed by atoms with Gasteiger partial charge in [0.1, 0.15) is 17.5 Å². The van der Waals surface area contributed by atoms with E-state index in [1.165, 1.54) is 0 Å². The fourth-order valence-corrected chi connectivity index (χ4v) is 5.91. The minimum absolute atomic E-state index is 0.204. The van der Waals surface area contributed by atoms with Crippen molar-refractivity contribution in [2.45, 2.75) is 43.7 Å². The Bertz CT molecular complexity index is 1370. The number of fused-ring (bicyclic) bond motifs is 2. The number of benzene rings is 1. The Kier molecular flexibility index (Phi) is 6.16. The summed E-state index contributed by atoms with van der Waals surface area (Å²) in [5, 5.41) is 13.3. The third-order valence-electron chi connectivity index (χ3n) is 6.31. The second-order valence-electron chi connectivity index (χ2n) is 8.70. The molecule has 0 bridgehead atoms. The van der Waals surface area contributed by atoms with E-state index < -0.39 is 0 Å². The molecule has 1 N–H and O–H groups in total. The van der Waals surface area contributed by atoms with E-state index in [1.807, 2.05) is 12.1 Å². The fourth-order valence-electron chi connectivity index (χ4n) is 4.55. The number of aryl methyl sites for hydroxylation is 1. The van der Waals surface area contributed by atoms with Gasteiger partial charge in [0.25, 0.3) is 0 Å². The molecule has 11 heteroatoms. The molecular formula is C24H22Cl2FN7S. The second-order valence-corrected chi connectivity index (χ2v) is 10.6. The van der Waals surface area contributed by atoms with E-state index in [2.05, 4.69) is 25.0 Å². The normalized spacial score (nSPS) is 17.1. The van der Waals surface area contributed by atoms with Crippen LogP contribution in [0.3, 0.4) is 0 Å². The lowest BCUT2D eigenvalue weighted by atomic mass is 10.1. The van der Waals surface area contributed by atoms with Gasteiger partial charge < -0.3 is 14.8 Å². The largest absolute Gasteiger partial charge is 0.343 e. The molecule has 4 heterocycles. The Labute approximate surface area is 216 Å². The van der Waals surface area contributed by atoms with E-state index in [4.69, 9.17) is 33.2 Å².